The van der Waals surface area contributed by atoms with Crippen molar-refractivity contribution < 1.29 is 19.1 Å². The van der Waals surface area contributed by atoms with E-state index in [0.29, 0.717) is 34.2 Å². The second kappa shape index (κ2) is 9.22. The van der Waals surface area contributed by atoms with E-state index in [0.717, 1.165) is 18.4 Å². The number of likely N-dealkylation sites (tertiary alicyclic amines) is 1. The van der Waals surface area contributed by atoms with Gasteiger partial charge in [-0.25, -0.2) is 0 Å². The van der Waals surface area contributed by atoms with Gasteiger partial charge in [0.05, 0.1) is 25.1 Å². The topological polar surface area (TPSA) is 67.9 Å². The first-order chi connectivity index (χ1) is 15.1. The van der Waals surface area contributed by atoms with Crippen molar-refractivity contribution in [2.75, 3.05) is 26.1 Å². The molecule has 0 aliphatic carbocycles. The molecule has 7 heteroatoms. The quantitative estimate of drug-likeness (QED) is 0.591. The Labute approximate surface area is 185 Å². The van der Waals surface area contributed by atoms with Gasteiger partial charge in [-0.3, -0.25) is 9.59 Å². The van der Waals surface area contributed by atoms with E-state index >= 15 is 0 Å². The number of anilines is 1. The highest BCUT2D eigenvalue weighted by Crippen LogP contribution is 2.37. The van der Waals surface area contributed by atoms with Gasteiger partial charge in [-0.15, -0.1) is 11.3 Å². The first-order valence-corrected chi connectivity index (χ1v) is 11.0. The molecule has 1 N–H and O–H groups in total. The van der Waals surface area contributed by atoms with E-state index in [2.05, 4.69) is 5.32 Å². The van der Waals surface area contributed by atoms with Crippen molar-refractivity contribution in [2.24, 2.45) is 0 Å². The minimum Gasteiger partial charge on any atom is -0.493 e. The summed E-state index contributed by atoms with van der Waals surface area (Å²) >= 11 is 1.38. The van der Waals surface area contributed by atoms with Gasteiger partial charge < -0.3 is 19.7 Å². The van der Waals surface area contributed by atoms with Crippen LogP contribution in [0.3, 0.4) is 0 Å². The van der Waals surface area contributed by atoms with Crippen molar-refractivity contribution in [3.05, 3.63) is 76.0 Å². The molecule has 0 bridgehead atoms. The molecule has 3 aromatic rings. The van der Waals surface area contributed by atoms with Crippen molar-refractivity contribution >= 4 is 28.8 Å². The predicted octanol–water partition coefficient (Wildman–Crippen LogP) is 4.99. The second-order valence-electron chi connectivity index (χ2n) is 7.28. The summed E-state index contributed by atoms with van der Waals surface area (Å²) in [5, 5.41) is 4.73. The van der Waals surface area contributed by atoms with Crippen LogP contribution in [0.25, 0.3) is 0 Å². The van der Waals surface area contributed by atoms with Crippen LogP contribution in [0.5, 0.6) is 11.5 Å². The largest absolute Gasteiger partial charge is 0.493 e. The highest BCUT2D eigenvalue weighted by atomic mass is 32.1. The number of ether oxygens (including phenoxy) is 2. The number of nitrogens with one attached hydrogen (secondary N) is 1. The number of thiophene rings is 1. The molecule has 4 rings (SSSR count). The number of hydrogen-bond donors (Lipinski definition) is 1. The van der Waals surface area contributed by atoms with E-state index in [-0.39, 0.29) is 17.9 Å². The minimum absolute atomic E-state index is 0.0309. The first-order valence-electron chi connectivity index (χ1n) is 10.1. The molecule has 1 saturated heterocycles. The summed E-state index contributed by atoms with van der Waals surface area (Å²) < 4.78 is 10.8. The van der Waals surface area contributed by atoms with Crippen LogP contribution >= 0.6 is 11.3 Å². The smallest absolute Gasteiger partial charge is 0.265 e. The van der Waals surface area contributed by atoms with Crippen molar-refractivity contribution in [3.63, 3.8) is 0 Å². The summed E-state index contributed by atoms with van der Waals surface area (Å²) in [5.74, 6) is 1.09. The van der Waals surface area contributed by atoms with Crippen LogP contribution in [0.1, 0.15) is 44.5 Å². The van der Waals surface area contributed by atoms with E-state index in [1.807, 2.05) is 34.5 Å². The summed E-state index contributed by atoms with van der Waals surface area (Å²) in [6, 6.07) is 16.5. The lowest BCUT2D eigenvalue weighted by Gasteiger charge is -2.26. The lowest BCUT2D eigenvalue weighted by Crippen LogP contribution is -2.30. The Hall–Kier alpha value is -3.32. The number of carbonyl (C=O) groups excluding carboxylic acids is 2. The predicted molar refractivity (Wildman–Crippen MR) is 121 cm³/mol. The minimum atomic E-state index is -0.177. The first kappa shape index (κ1) is 20.9. The molecule has 6 nitrogen and oxygen atoms in total. The zero-order chi connectivity index (χ0) is 21.8. The van der Waals surface area contributed by atoms with Crippen LogP contribution in [-0.4, -0.2) is 37.5 Å². The number of amides is 2. The molecule has 31 heavy (non-hydrogen) atoms. The molecule has 1 aliphatic rings. The van der Waals surface area contributed by atoms with Gasteiger partial charge >= 0.3 is 0 Å². The van der Waals surface area contributed by atoms with E-state index in [4.69, 9.17) is 9.47 Å². The van der Waals surface area contributed by atoms with Crippen molar-refractivity contribution in [1.82, 2.24) is 4.90 Å². The molecule has 0 spiro atoms. The fraction of sp³-hybridized carbons (Fsp3) is 0.250. The zero-order valence-corrected chi connectivity index (χ0v) is 18.3. The molecule has 0 saturated carbocycles. The molecule has 2 aromatic carbocycles. The third kappa shape index (κ3) is 4.41. The lowest BCUT2D eigenvalue weighted by atomic mass is 10.0. The Bertz CT molecular complexity index is 1080. The molecule has 1 fully saturated rings. The van der Waals surface area contributed by atoms with Crippen LogP contribution in [-0.2, 0) is 0 Å². The number of rotatable bonds is 6. The van der Waals surface area contributed by atoms with Crippen LogP contribution in [0, 0.1) is 0 Å². The van der Waals surface area contributed by atoms with Crippen LogP contribution in [0.2, 0.25) is 0 Å². The third-order valence-corrected chi connectivity index (χ3v) is 6.29. The standard InChI is InChI=1S/C24H24N2O4S/c1-29-20-11-10-16(15-21(20)30-2)19-8-4-12-26(19)24(28)17-6-3-7-18(14-17)25-23(27)22-9-5-13-31-22/h3,5-7,9-11,13-15,19H,4,8,12H2,1-2H3,(H,25,27). The normalized spacial score (nSPS) is 15.5. The molecule has 0 radical (unpaired) electrons. The van der Waals surface area contributed by atoms with E-state index < -0.39 is 0 Å². The third-order valence-electron chi connectivity index (χ3n) is 5.42. The fourth-order valence-corrected chi connectivity index (χ4v) is 4.53. The van der Waals surface area contributed by atoms with Gasteiger partial charge in [-0.05, 0) is 60.2 Å². The molecule has 1 atom stereocenters. The number of benzene rings is 2. The van der Waals surface area contributed by atoms with Crippen molar-refractivity contribution in [1.29, 1.82) is 0 Å². The van der Waals surface area contributed by atoms with Gasteiger partial charge in [0.2, 0.25) is 0 Å². The summed E-state index contributed by atoms with van der Waals surface area (Å²) in [6.07, 6.45) is 1.82. The van der Waals surface area contributed by atoms with Crippen LogP contribution in [0.15, 0.2) is 60.0 Å². The second-order valence-corrected chi connectivity index (χ2v) is 8.23. The molecule has 1 aromatic heterocycles. The highest BCUT2D eigenvalue weighted by molar-refractivity contribution is 7.12. The Morgan fingerprint density at radius 2 is 1.87 bits per heavy atom. The monoisotopic (exact) mass is 436 g/mol. The van der Waals surface area contributed by atoms with Crippen molar-refractivity contribution in [3.8, 4) is 11.5 Å². The summed E-state index contributed by atoms with van der Waals surface area (Å²) in [7, 11) is 3.21. The maximum atomic E-state index is 13.3. The molecule has 2 amide bonds. The van der Waals surface area contributed by atoms with Crippen LogP contribution < -0.4 is 14.8 Å². The molecule has 1 aliphatic heterocycles. The summed E-state index contributed by atoms with van der Waals surface area (Å²) in [6.45, 7) is 0.684. The van der Waals surface area contributed by atoms with E-state index in [1.165, 1.54) is 11.3 Å². The van der Waals surface area contributed by atoms with E-state index in [9.17, 15) is 9.59 Å². The summed E-state index contributed by atoms with van der Waals surface area (Å²) in [5.41, 5.74) is 2.17. The number of hydrogen-bond acceptors (Lipinski definition) is 5. The molecular weight excluding hydrogens is 412 g/mol. The van der Waals surface area contributed by atoms with Gasteiger partial charge in [0.15, 0.2) is 11.5 Å². The van der Waals surface area contributed by atoms with Gasteiger partial charge in [0, 0.05) is 17.8 Å². The molecule has 160 valence electrons. The van der Waals surface area contributed by atoms with Gasteiger partial charge in [0.25, 0.3) is 11.8 Å². The zero-order valence-electron chi connectivity index (χ0n) is 17.5. The van der Waals surface area contributed by atoms with E-state index in [1.54, 1.807) is 44.6 Å². The number of methoxy groups -OCH3 is 2. The number of carbonyl (C=O) groups is 2. The fourth-order valence-electron chi connectivity index (χ4n) is 3.91. The maximum absolute atomic E-state index is 13.3. The van der Waals surface area contributed by atoms with Gasteiger partial charge in [-0.2, -0.15) is 0 Å². The maximum Gasteiger partial charge on any atom is 0.265 e. The average molecular weight is 437 g/mol. The Morgan fingerprint density at radius 3 is 2.61 bits per heavy atom. The Morgan fingerprint density at radius 1 is 1.03 bits per heavy atom. The van der Waals surface area contributed by atoms with Gasteiger partial charge in [-0.1, -0.05) is 18.2 Å². The SMILES string of the molecule is COc1ccc(C2CCCN2C(=O)c2cccc(NC(=O)c3cccs3)c2)cc1OC. The van der Waals surface area contributed by atoms with Crippen LogP contribution in [0.4, 0.5) is 5.69 Å². The Kier molecular flexibility index (Phi) is 6.23. The van der Waals surface area contributed by atoms with Crippen molar-refractivity contribution in [2.45, 2.75) is 18.9 Å². The number of nitrogens with zero attached hydrogens (tertiary/aromatic N) is 1. The summed E-state index contributed by atoms with van der Waals surface area (Å²) in [4.78, 5) is 28.2. The van der Waals surface area contributed by atoms with Gasteiger partial charge in [0.1, 0.15) is 0 Å². The highest BCUT2D eigenvalue weighted by Gasteiger charge is 2.31. The molecular formula is C24H24N2O4S. The lowest BCUT2D eigenvalue weighted by molar-refractivity contribution is 0.0735. The molecule has 2 heterocycles. The Balaban J connectivity index is 1.54. The average Bonchev–Trinajstić information content (AvgIpc) is 3.50. The molecule has 1 unspecified atom stereocenters.